The summed E-state index contributed by atoms with van der Waals surface area (Å²) in [6, 6.07) is 1.95. The van der Waals surface area contributed by atoms with Crippen LogP contribution in [0.3, 0.4) is 0 Å². The van der Waals surface area contributed by atoms with E-state index in [4.69, 9.17) is 0 Å². The first-order valence-electron chi connectivity index (χ1n) is 6.85. The summed E-state index contributed by atoms with van der Waals surface area (Å²) in [5.74, 6) is 2.88. The summed E-state index contributed by atoms with van der Waals surface area (Å²) in [7, 11) is 0. The molecule has 2 rings (SSSR count). The zero-order valence-electron chi connectivity index (χ0n) is 12.4. The predicted molar refractivity (Wildman–Crippen MR) is 84.5 cm³/mol. The largest absolute Gasteiger partial charge is 0.370 e. The highest BCUT2D eigenvalue weighted by molar-refractivity contribution is 7.09. The average Bonchev–Trinajstić information content (AvgIpc) is 2.82. The molecule has 2 heterocycles. The van der Waals surface area contributed by atoms with Crippen LogP contribution in [-0.4, -0.2) is 21.5 Å². The Hall–Kier alpha value is -1.69. The molecule has 0 aromatic carbocycles. The molecule has 0 unspecified atom stereocenters. The lowest BCUT2D eigenvalue weighted by Gasteiger charge is -2.12. The smallest absolute Gasteiger partial charge is 0.135 e. The number of thiazole rings is 1. The summed E-state index contributed by atoms with van der Waals surface area (Å²) < 4.78 is 0. The number of hydrogen-bond donors (Lipinski definition) is 2. The minimum atomic E-state index is 0.305. The van der Waals surface area contributed by atoms with Crippen molar-refractivity contribution in [3.8, 4) is 0 Å². The lowest BCUT2D eigenvalue weighted by Crippen LogP contribution is -2.09. The first-order chi connectivity index (χ1) is 9.60. The summed E-state index contributed by atoms with van der Waals surface area (Å²) in [6.07, 6.45) is 0. The second kappa shape index (κ2) is 6.65. The Balaban J connectivity index is 2.15. The highest BCUT2D eigenvalue weighted by atomic mass is 32.1. The van der Waals surface area contributed by atoms with Gasteiger partial charge in [-0.2, -0.15) is 0 Å². The number of anilines is 2. The van der Waals surface area contributed by atoms with E-state index < -0.39 is 0 Å². The van der Waals surface area contributed by atoms with Crippen LogP contribution in [0.5, 0.6) is 0 Å². The molecule has 0 spiro atoms. The molecule has 108 valence electrons. The van der Waals surface area contributed by atoms with E-state index in [2.05, 4.69) is 46.4 Å². The van der Waals surface area contributed by atoms with Crippen molar-refractivity contribution in [2.75, 3.05) is 17.2 Å². The predicted octanol–water partition coefficient (Wildman–Crippen LogP) is 3.41. The van der Waals surface area contributed by atoms with Gasteiger partial charge >= 0.3 is 0 Å². The van der Waals surface area contributed by atoms with Crippen molar-refractivity contribution in [2.45, 2.75) is 40.2 Å². The molecular weight excluding hydrogens is 270 g/mol. The molecule has 0 saturated carbocycles. The fourth-order valence-corrected chi connectivity index (χ4v) is 2.47. The van der Waals surface area contributed by atoms with Crippen LogP contribution in [0.2, 0.25) is 0 Å². The lowest BCUT2D eigenvalue weighted by atomic mass is 10.2. The highest BCUT2D eigenvalue weighted by Gasteiger charge is 2.08. The standard InChI is InChI=1S/C14H21N5S/c1-5-15-12-6-13(19-14(18-12)9(2)3)16-7-11-10(4)17-8-20-11/h6,8-9H,5,7H2,1-4H3,(H2,15,16,18,19). The summed E-state index contributed by atoms with van der Waals surface area (Å²) >= 11 is 1.66. The molecule has 0 aliphatic heterocycles. The number of aryl methyl sites for hydroxylation is 1. The number of nitrogens with one attached hydrogen (secondary N) is 2. The van der Waals surface area contributed by atoms with E-state index in [1.54, 1.807) is 11.3 Å². The third-order valence-electron chi connectivity index (χ3n) is 2.89. The summed E-state index contributed by atoms with van der Waals surface area (Å²) in [5, 5.41) is 6.61. The van der Waals surface area contributed by atoms with Crippen molar-refractivity contribution in [1.82, 2.24) is 15.0 Å². The molecule has 0 saturated heterocycles. The van der Waals surface area contributed by atoms with Crippen LogP contribution < -0.4 is 10.6 Å². The number of nitrogens with zero attached hydrogens (tertiary/aromatic N) is 3. The monoisotopic (exact) mass is 291 g/mol. The molecule has 0 fully saturated rings. The van der Waals surface area contributed by atoms with Crippen LogP contribution in [0.4, 0.5) is 11.6 Å². The van der Waals surface area contributed by atoms with Gasteiger partial charge in [-0.25, -0.2) is 15.0 Å². The molecule has 0 aliphatic rings. The second-order valence-electron chi connectivity index (χ2n) is 4.90. The summed E-state index contributed by atoms with van der Waals surface area (Å²) in [5.41, 5.74) is 2.95. The zero-order chi connectivity index (χ0) is 14.5. The van der Waals surface area contributed by atoms with Crippen molar-refractivity contribution in [1.29, 1.82) is 0 Å². The molecule has 0 bridgehead atoms. The summed E-state index contributed by atoms with van der Waals surface area (Å²) in [6.45, 7) is 9.88. The maximum Gasteiger partial charge on any atom is 0.135 e. The first kappa shape index (κ1) is 14.7. The highest BCUT2D eigenvalue weighted by Crippen LogP contribution is 2.19. The van der Waals surface area contributed by atoms with Gasteiger partial charge in [-0.3, -0.25) is 0 Å². The second-order valence-corrected chi connectivity index (χ2v) is 5.84. The fourth-order valence-electron chi connectivity index (χ4n) is 1.75. The van der Waals surface area contributed by atoms with Gasteiger partial charge < -0.3 is 10.6 Å². The van der Waals surface area contributed by atoms with Gasteiger partial charge in [0, 0.05) is 23.4 Å². The Morgan fingerprint density at radius 1 is 1.20 bits per heavy atom. The van der Waals surface area contributed by atoms with Crippen molar-refractivity contribution >= 4 is 23.0 Å². The molecule has 2 N–H and O–H groups in total. The van der Waals surface area contributed by atoms with Gasteiger partial charge in [0.2, 0.25) is 0 Å². The lowest BCUT2D eigenvalue weighted by molar-refractivity contribution is 0.775. The quantitative estimate of drug-likeness (QED) is 0.854. The Kier molecular flexibility index (Phi) is 4.89. The van der Waals surface area contributed by atoms with Gasteiger partial charge in [0.1, 0.15) is 17.5 Å². The molecule has 2 aromatic heterocycles. The van der Waals surface area contributed by atoms with Crippen LogP contribution in [-0.2, 0) is 6.54 Å². The fraction of sp³-hybridized carbons (Fsp3) is 0.500. The van der Waals surface area contributed by atoms with Gasteiger partial charge in [-0.05, 0) is 13.8 Å². The zero-order valence-corrected chi connectivity index (χ0v) is 13.2. The van der Waals surface area contributed by atoms with Crippen LogP contribution >= 0.6 is 11.3 Å². The number of hydrogen-bond acceptors (Lipinski definition) is 6. The van der Waals surface area contributed by atoms with Crippen LogP contribution in [0.1, 0.15) is 43.1 Å². The molecular formula is C14H21N5S. The van der Waals surface area contributed by atoms with Crippen molar-refractivity contribution < 1.29 is 0 Å². The minimum Gasteiger partial charge on any atom is -0.370 e. The normalized spacial score (nSPS) is 10.8. The Morgan fingerprint density at radius 2 is 1.90 bits per heavy atom. The third-order valence-corrected chi connectivity index (χ3v) is 3.83. The number of rotatable bonds is 6. The van der Waals surface area contributed by atoms with Crippen LogP contribution in [0.15, 0.2) is 11.6 Å². The van der Waals surface area contributed by atoms with Gasteiger partial charge in [0.05, 0.1) is 17.7 Å². The Labute approximate surface area is 123 Å². The maximum absolute atomic E-state index is 4.57. The summed E-state index contributed by atoms with van der Waals surface area (Å²) in [4.78, 5) is 14.6. The molecule has 0 radical (unpaired) electrons. The molecule has 0 aliphatic carbocycles. The van der Waals surface area contributed by atoms with E-state index in [9.17, 15) is 0 Å². The van der Waals surface area contributed by atoms with E-state index >= 15 is 0 Å². The molecule has 6 heteroatoms. The maximum atomic E-state index is 4.57. The van der Waals surface area contributed by atoms with E-state index in [1.807, 2.05) is 18.5 Å². The van der Waals surface area contributed by atoms with Gasteiger partial charge in [-0.15, -0.1) is 11.3 Å². The third kappa shape index (κ3) is 3.66. The van der Waals surface area contributed by atoms with Crippen molar-refractivity contribution in [2.24, 2.45) is 0 Å². The Bertz CT molecular complexity index is 564. The topological polar surface area (TPSA) is 62.7 Å². The van der Waals surface area contributed by atoms with Crippen molar-refractivity contribution in [3.05, 3.63) is 28.0 Å². The number of aromatic nitrogens is 3. The van der Waals surface area contributed by atoms with E-state index in [0.717, 1.165) is 36.2 Å². The molecule has 2 aromatic rings. The van der Waals surface area contributed by atoms with Gasteiger partial charge in [-0.1, -0.05) is 13.8 Å². The van der Waals surface area contributed by atoms with Gasteiger partial charge in [0.25, 0.3) is 0 Å². The average molecular weight is 291 g/mol. The molecule has 0 atom stereocenters. The van der Waals surface area contributed by atoms with Crippen LogP contribution in [0.25, 0.3) is 0 Å². The van der Waals surface area contributed by atoms with Crippen LogP contribution in [0, 0.1) is 6.92 Å². The molecule has 0 amide bonds. The first-order valence-corrected chi connectivity index (χ1v) is 7.73. The molecule has 20 heavy (non-hydrogen) atoms. The van der Waals surface area contributed by atoms with E-state index in [1.165, 1.54) is 4.88 Å². The van der Waals surface area contributed by atoms with Crippen molar-refractivity contribution in [3.63, 3.8) is 0 Å². The molecule has 5 nitrogen and oxygen atoms in total. The van der Waals surface area contributed by atoms with Gasteiger partial charge in [0.15, 0.2) is 0 Å². The minimum absolute atomic E-state index is 0.305. The SMILES string of the molecule is CCNc1cc(NCc2scnc2C)nc(C(C)C)n1. The van der Waals surface area contributed by atoms with E-state index in [0.29, 0.717) is 5.92 Å². The van der Waals surface area contributed by atoms with E-state index in [-0.39, 0.29) is 0 Å². The Morgan fingerprint density at radius 3 is 2.45 bits per heavy atom.